The predicted molar refractivity (Wildman–Crippen MR) is 116 cm³/mol. The molecule has 2 fully saturated rings. The van der Waals surface area contributed by atoms with Crippen molar-refractivity contribution in [3.63, 3.8) is 0 Å². The highest BCUT2D eigenvalue weighted by Crippen LogP contribution is 2.48. The largest absolute Gasteiger partial charge is 0.382 e. The maximum atomic E-state index is 12.0. The first kappa shape index (κ1) is 23.3. The molecule has 2 heterocycles. The topological polar surface area (TPSA) is 132 Å². The summed E-state index contributed by atoms with van der Waals surface area (Å²) >= 11 is 5.00. The van der Waals surface area contributed by atoms with Crippen molar-refractivity contribution in [2.45, 2.75) is 51.0 Å². The molecule has 0 aromatic carbocycles. The van der Waals surface area contributed by atoms with Crippen LogP contribution in [0.4, 0.5) is 11.8 Å². The molecule has 0 spiro atoms. The summed E-state index contributed by atoms with van der Waals surface area (Å²) in [6.07, 6.45) is 4.02. The summed E-state index contributed by atoms with van der Waals surface area (Å²) in [5.41, 5.74) is 6.67. The Bertz CT molecular complexity index is 880. The van der Waals surface area contributed by atoms with Crippen molar-refractivity contribution in [1.29, 1.82) is 0 Å². The number of rotatable bonds is 10. The van der Waals surface area contributed by atoms with Gasteiger partial charge in [0.1, 0.15) is 18.1 Å². The molecule has 12 heteroatoms. The fourth-order valence-electron chi connectivity index (χ4n) is 3.60. The van der Waals surface area contributed by atoms with E-state index in [9.17, 15) is 9.69 Å². The smallest absolute Gasteiger partial charge is 0.324 e. The van der Waals surface area contributed by atoms with Gasteiger partial charge in [0.05, 0.1) is 12.7 Å². The Morgan fingerprint density at radius 3 is 2.93 bits per heavy atom. The summed E-state index contributed by atoms with van der Waals surface area (Å²) in [6.45, 7) is -0.993. The Balaban J connectivity index is 1.89. The molecule has 4 unspecified atom stereocenters. The minimum Gasteiger partial charge on any atom is -0.382 e. The van der Waals surface area contributed by atoms with E-state index in [2.05, 4.69) is 16.9 Å². The third kappa shape index (κ3) is 5.88. The fraction of sp³-hybridized carbons (Fsp3) is 0.667. The van der Waals surface area contributed by atoms with Crippen LogP contribution in [0.1, 0.15) is 32.6 Å². The van der Waals surface area contributed by atoms with E-state index in [1.807, 2.05) is 6.20 Å². The summed E-state index contributed by atoms with van der Waals surface area (Å²) < 4.78 is 22.0. The molecule has 3 rings (SSSR count). The molecular formula is C18H29N4O6PS. The second-order valence-corrected chi connectivity index (χ2v) is 10.3. The summed E-state index contributed by atoms with van der Waals surface area (Å²) in [5.74, 6) is 0.923. The standard InChI is InChI=1S/C18H29N4O6PS/c1-4-5-11-6-12(11)9-22(15-8-16(23)21-18(19)20-15)17-7-13(14(27-17)10-25-2)28-29(24,30)26-3/h8-9,11,13-14,17H,4-7,10H2,1-3H3,(H,24,30)(H3,19,20,21,23)/b12-9+/t11-,13?,14?,17?,29?/m1/s1. The van der Waals surface area contributed by atoms with Gasteiger partial charge in [0.2, 0.25) is 5.95 Å². The molecule has 0 radical (unpaired) electrons. The molecule has 2 aliphatic rings. The van der Waals surface area contributed by atoms with E-state index in [1.165, 1.54) is 18.7 Å². The third-order valence-electron chi connectivity index (χ3n) is 5.12. The zero-order chi connectivity index (χ0) is 21.9. The minimum atomic E-state index is -3.39. The molecular weight excluding hydrogens is 431 g/mol. The SMILES string of the molecule is CCC[C@@H]1C/C1=C\N(c1cc(=O)[nH]c(N)n1)C1CC(OP(O)(=S)OC)C(COC)O1. The molecule has 0 amide bonds. The van der Waals surface area contributed by atoms with E-state index in [0.717, 1.165) is 19.3 Å². The fourth-order valence-corrected chi connectivity index (χ4v) is 4.58. The van der Waals surface area contributed by atoms with Crippen molar-refractivity contribution in [2.24, 2.45) is 5.92 Å². The summed E-state index contributed by atoms with van der Waals surface area (Å²) in [7, 11) is 2.86. The number of H-pyrrole nitrogens is 1. The maximum Gasteiger partial charge on any atom is 0.324 e. The Morgan fingerprint density at radius 2 is 2.30 bits per heavy atom. The van der Waals surface area contributed by atoms with Crippen LogP contribution in [0.5, 0.6) is 0 Å². The van der Waals surface area contributed by atoms with Gasteiger partial charge in [0.25, 0.3) is 5.56 Å². The lowest BCUT2D eigenvalue weighted by atomic mass is 10.2. The number of methoxy groups -OCH3 is 1. The molecule has 1 saturated carbocycles. The van der Waals surface area contributed by atoms with Crippen molar-refractivity contribution in [1.82, 2.24) is 9.97 Å². The van der Waals surface area contributed by atoms with Gasteiger partial charge in [-0.25, -0.2) is 0 Å². The van der Waals surface area contributed by atoms with Gasteiger partial charge in [-0.3, -0.25) is 9.78 Å². The molecule has 1 aromatic heterocycles. The molecule has 1 saturated heterocycles. The van der Waals surface area contributed by atoms with Crippen LogP contribution in [0.2, 0.25) is 0 Å². The number of aromatic nitrogens is 2. The number of aromatic amines is 1. The Hall–Kier alpha value is -1.33. The highest BCUT2D eigenvalue weighted by atomic mass is 32.5. The number of ether oxygens (including phenoxy) is 2. The number of nitrogens with zero attached hydrogens (tertiary/aromatic N) is 2. The van der Waals surface area contributed by atoms with Crippen molar-refractivity contribution in [2.75, 3.05) is 31.5 Å². The van der Waals surface area contributed by atoms with Gasteiger partial charge in [0, 0.05) is 32.9 Å². The lowest BCUT2D eigenvalue weighted by Gasteiger charge is -2.26. The molecule has 168 valence electrons. The molecule has 30 heavy (non-hydrogen) atoms. The van der Waals surface area contributed by atoms with Gasteiger partial charge in [-0.05, 0) is 36.1 Å². The lowest BCUT2D eigenvalue weighted by molar-refractivity contribution is -0.0289. The Kier molecular flexibility index (Phi) is 7.67. The van der Waals surface area contributed by atoms with Crippen LogP contribution in [0.25, 0.3) is 0 Å². The Morgan fingerprint density at radius 1 is 1.53 bits per heavy atom. The molecule has 1 aliphatic carbocycles. The first-order valence-corrected chi connectivity index (χ1v) is 12.4. The number of hydrogen-bond acceptors (Lipinski definition) is 9. The number of hydrogen-bond donors (Lipinski definition) is 3. The third-order valence-corrected chi connectivity index (χ3v) is 6.82. The number of nitrogen functional groups attached to an aromatic ring is 1. The van der Waals surface area contributed by atoms with E-state index >= 15 is 0 Å². The molecule has 1 aliphatic heterocycles. The van der Waals surface area contributed by atoms with E-state index in [4.69, 9.17) is 36.1 Å². The van der Waals surface area contributed by atoms with Crippen LogP contribution in [-0.2, 0) is 30.3 Å². The van der Waals surface area contributed by atoms with Gasteiger partial charge in [0.15, 0.2) is 0 Å². The number of anilines is 2. The van der Waals surface area contributed by atoms with Gasteiger partial charge in [-0.15, -0.1) is 0 Å². The molecule has 1 aromatic rings. The van der Waals surface area contributed by atoms with E-state index in [0.29, 0.717) is 18.2 Å². The van der Waals surface area contributed by atoms with Crippen molar-refractivity contribution in [3.8, 4) is 0 Å². The quantitative estimate of drug-likeness (QED) is 0.445. The molecule has 0 bridgehead atoms. The molecule has 10 nitrogen and oxygen atoms in total. The average Bonchev–Trinajstić information content (AvgIpc) is 3.30. The van der Waals surface area contributed by atoms with Gasteiger partial charge < -0.3 is 34.0 Å². The van der Waals surface area contributed by atoms with Crippen molar-refractivity contribution < 1.29 is 23.4 Å². The highest BCUT2D eigenvalue weighted by Gasteiger charge is 2.42. The van der Waals surface area contributed by atoms with Gasteiger partial charge in [-0.1, -0.05) is 13.3 Å². The zero-order valence-electron chi connectivity index (χ0n) is 17.3. The van der Waals surface area contributed by atoms with Crippen LogP contribution in [0.3, 0.4) is 0 Å². The normalized spacial score (nSPS) is 29.1. The second-order valence-electron chi connectivity index (χ2n) is 7.41. The first-order chi connectivity index (χ1) is 14.3. The van der Waals surface area contributed by atoms with E-state index in [-0.39, 0.29) is 18.1 Å². The number of nitrogens with two attached hydrogens (primary N) is 1. The summed E-state index contributed by atoms with van der Waals surface area (Å²) in [6, 6.07) is 1.37. The van der Waals surface area contributed by atoms with Gasteiger partial charge >= 0.3 is 6.72 Å². The van der Waals surface area contributed by atoms with E-state index in [1.54, 1.807) is 12.0 Å². The predicted octanol–water partition coefficient (Wildman–Crippen LogP) is 1.87. The van der Waals surface area contributed by atoms with E-state index < -0.39 is 25.2 Å². The average molecular weight is 460 g/mol. The highest BCUT2D eigenvalue weighted by molar-refractivity contribution is 8.07. The number of nitrogens with one attached hydrogen (secondary N) is 1. The second kappa shape index (κ2) is 9.86. The van der Waals surface area contributed by atoms with Crippen LogP contribution in [-0.4, -0.2) is 54.1 Å². The van der Waals surface area contributed by atoms with Crippen molar-refractivity contribution in [3.05, 3.63) is 28.2 Å². The first-order valence-electron chi connectivity index (χ1n) is 9.83. The maximum absolute atomic E-state index is 12.0. The van der Waals surface area contributed by atoms with Crippen LogP contribution in [0.15, 0.2) is 22.6 Å². The van der Waals surface area contributed by atoms with Crippen molar-refractivity contribution >= 4 is 30.3 Å². The van der Waals surface area contributed by atoms with Crippen LogP contribution < -0.4 is 16.2 Å². The Labute approximate surface area is 180 Å². The summed E-state index contributed by atoms with van der Waals surface area (Å²) in [5, 5.41) is 0. The summed E-state index contributed by atoms with van der Waals surface area (Å²) in [4.78, 5) is 30.6. The number of allylic oxidation sites excluding steroid dienone is 1. The molecule has 4 N–H and O–H groups in total. The van der Waals surface area contributed by atoms with Gasteiger partial charge in [-0.2, -0.15) is 4.98 Å². The van der Waals surface area contributed by atoms with Crippen LogP contribution >= 0.6 is 6.72 Å². The van der Waals surface area contributed by atoms with Crippen LogP contribution in [0, 0.1) is 5.92 Å². The zero-order valence-corrected chi connectivity index (χ0v) is 19.0. The molecule has 5 atom stereocenters. The monoisotopic (exact) mass is 460 g/mol. The minimum absolute atomic E-state index is 0.0197. The lowest BCUT2D eigenvalue weighted by Crippen LogP contribution is -2.33.